The van der Waals surface area contributed by atoms with Crippen LogP contribution in [0, 0.1) is 0 Å². The van der Waals surface area contributed by atoms with E-state index in [1.807, 2.05) is 29.2 Å². The lowest BCUT2D eigenvalue weighted by atomic mass is 9.81. The predicted octanol–water partition coefficient (Wildman–Crippen LogP) is 6.34. The zero-order valence-electron chi connectivity index (χ0n) is 19.8. The number of carboxylic acid groups (broad SMARTS) is 1. The Bertz CT molecular complexity index is 1220. The molecule has 1 saturated carbocycles. The van der Waals surface area contributed by atoms with Crippen molar-refractivity contribution in [2.75, 3.05) is 19.6 Å². The first-order valence-electron chi connectivity index (χ1n) is 12.4. The van der Waals surface area contributed by atoms with Gasteiger partial charge in [0, 0.05) is 17.7 Å². The van der Waals surface area contributed by atoms with Gasteiger partial charge in [-0.15, -0.1) is 0 Å². The van der Waals surface area contributed by atoms with E-state index in [4.69, 9.17) is 9.63 Å². The summed E-state index contributed by atoms with van der Waals surface area (Å²) in [7, 11) is 0. The molecule has 0 amide bonds. The number of rotatable bonds is 6. The molecule has 2 aliphatic rings. The van der Waals surface area contributed by atoms with E-state index in [2.05, 4.69) is 10.1 Å². The van der Waals surface area contributed by atoms with Gasteiger partial charge in [0.15, 0.2) is 0 Å². The van der Waals surface area contributed by atoms with Gasteiger partial charge >= 0.3 is 12.1 Å². The number of alkyl halides is 3. The molecular formula is C27H28F3N3O3. The molecule has 1 unspecified atom stereocenters. The minimum atomic E-state index is -4.45. The van der Waals surface area contributed by atoms with Crippen molar-refractivity contribution >= 4 is 5.97 Å². The molecule has 2 fully saturated rings. The molecule has 1 aliphatic heterocycles. The number of aliphatic carboxylic acids is 1. The second-order valence-electron chi connectivity index (χ2n) is 9.79. The molecule has 6 nitrogen and oxygen atoms in total. The van der Waals surface area contributed by atoms with Crippen molar-refractivity contribution in [2.24, 2.45) is 0 Å². The number of halogens is 3. The summed E-state index contributed by atoms with van der Waals surface area (Å²) >= 11 is 0. The maximum Gasteiger partial charge on any atom is 0.416 e. The monoisotopic (exact) mass is 499 g/mol. The molecule has 0 bridgehead atoms. The van der Waals surface area contributed by atoms with Crippen LogP contribution in [-0.4, -0.2) is 45.8 Å². The maximum absolute atomic E-state index is 13.9. The standard InChI is InChI=1S/C27H28F3N3O3/c28-27(29,30)23-14-20(10-11-22(23)18-4-2-1-3-5-18)25-31-26(36-32-25)19-8-6-17(7-9-19)21-12-13-33(15-21)16-24(34)35/h6-11,14,18,21H,1-5,12-13,15-16H2,(H,34,35). The second kappa shape index (κ2) is 10.0. The van der Waals surface area contributed by atoms with Crippen LogP contribution in [0.25, 0.3) is 22.8 Å². The van der Waals surface area contributed by atoms with Gasteiger partial charge in [-0.05, 0) is 67.0 Å². The maximum atomic E-state index is 13.9. The van der Waals surface area contributed by atoms with E-state index < -0.39 is 17.7 Å². The van der Waals surface area contributed by atoms with Crippen LogP contribution in [0.5, 0.6) is 0 Å². The van der Waals surface area contributed by atoms with Gasteiger partial charge in [-0.2, -0.15) is 18.2 Å². The van der Waals surface area contributed by atoms with Gasteiger partial charge in [0.25, 0.3) is 5.89 Å². The van der Waals surface area contributed by atoms with Crippen LogP contribution < -0.4 is 0 Å². The van der Waals surface area contributed by atoms with E-state index in [0.717, 1.165) is 56.7 Å². The lowest BCUT2D eigenvalue weighted by molar-refractivity contribution is -0.139. The SMILES string of the molecule is O=C(O)CN1CCC(c2ccc(-c3nc(-c4ccc(C5CCCCC5)c(C(F)(F)F)c4)no3)cc2)C1. The summed E-state index contributed by atoms with van der Waals surface area (Å²) in [6.45, 7) is 1.47. The van der Waals surface area contributed by atoms with Crippen molar-refractivity contribution in [1.82, 2.24) is 15.0 Å². The molecule has 0 spiro atoms. The van der Waals surface area contributed by atoms with Crippen LogP contribution in [0.15, 0.2) is 47.0 Å². The van der Waals surface area contributed by atoms with Crippen molar-refractivity contribution in [3.8, 4) is 22.8 Å². The minimum absolute atomic E-state index is 0.0387. The number of aromatic nitrogens is 2. The molecule has 1 atom stereocenters. The van der Waals surface area contributed by atoms with Gasteiger partial charge in [-0.1, -0.05) is 48.7 Å². The molecule has 190 valence electrons. The fourth-order valence-corrected chi connectivity index (χ4v) is 5.51. The van der Waals surface area contributed by atoms with Crippen molar-refractivity contribution in [3.05, 3.63) is 59.2 Å². The van der Waals surface area contributed by atoms with E-state index in [1.165, 1.54) is 0 Å². The molecule has 1 N–H and O–H groups in total. The summed E-state index contributed by atoms with van der Waals surface area (Å²) in [6.07, 6.45) is 0.982. The lowest BCUT2D eigenvalue weighted by Gasteiger charge is -2.25. The third-order valence-electron chi connectivity index (χ3n) is 7.35. The normalized spacial score (nSPS) is 19.6. The highest BCUT2D eigenvalue weighted by atomic mass is 19.4. The number of carboxylic acids is 1. The largest absolute Gasteiger partial charge is 0.480 e. The summed E-state index contributed by atoms with van der Waals surface area (Å²) in [5.41, 5.74) is 1.79. The molecule has 2 aromatic carbocycles. The van der Waals surface area contributed by atoms with E-state index in [0.29, 0.717) is 17.7 Å². The molecule has 1 aromatic heterocycles. The van der Waals surface area contributed by atoms with Gasteiger partial charge < -0.3 is 9.63 Å². The van der Waals surface area contributed by atoms with Gasteiger partial charge in [0.1, 0.15) is 0 Å². The zero-order chi connectivity index (χ0) is 25.3. The van der Waals surface area contributed by atoms with Crippen molar-refractivity contribution in [1.29, 1.82) is 0 Å². The van der Waals surface area contributed by atoms with Crippen molar-refractivity contribution < 1.29 is 27.6 Å². The van der Waals surface area contributed by atoms with E-state index >= 15 is 0 Å². The Kier molecular flexibility index (Phi) is 6.83. The van der Waals surface area contributed by atoms with E-state index in [-0.39, 0.29) is 35.7 Å². The number of carbonyl (C=O) groups is 1. The Balaban J connectivity index is 1.34. The second-order valence-corrected chi connectivity index (χ2v) is 9.79. The highest BCUT2D eigenvalue weighted by Crippen LogP contribution is 2.42. The average molecular weight is 500 g/mol. The average Bonchev–Trinajstić information content (AvgIpc) is 3.54. The molecule has 9 heteroatoms. The third-order valence-corrected chi connectivity index (χ3v) is 7.35. The van der Waals surface area contributed by atoms with E-state index in [9.17, 15) is 18.0 Å². The smallest absolute Gasteiger partial charge is 0.416 e. The summed E-state index contributed by atoms with van der Waals surface area (Å²) < 4.78 is 47.2. The Morgan fingerprint density at radius 1 is 1.00 bits per heavy atom. The first kappa shape index (κ1) is 24.5. The first-order valence-corrected chi connectivity index (χ1v) is 12.4. The highest BCUT2D eigenvalue weighted by Gasteiger charge is 2.36. The minimum Gasteiger partial charge on any atom is -0.480 e. The quantitative estimate of drug-likeness (QED) is 0.426. The Hall–Kier alpha value is -3.20. The first-order chi connectivity index (χ1) is 17.3. The molecule has 5 rings (SSSR count). The predicted molar refractivity (Wildman–Crippen MR) is 127 cm³/mol. The highest BCUT2D eigenvalue weighted by molar-refractivity contribution is 5.69. The van der Waals surface area contributed by atoms with Gasteiger partial charge in [-0.3, -0.25) is 9.69 Å². The number of nitrogens with zero attached hydrogens (tertiary/aromatic N) is 3. The van der Waals surface area contributed by atoms with Gasteiger partial charge in [0.2, 0.25) is 5.82 Å². The molecule has 2 heterocycles. The van der Waals surface area contributed by atoms with Crippen LogP contribution in [0.4, 0.5) is 13.2 Å². The van der Waals surface area contributed by atoms with Crippen LogP contribution in [0.1, 0.15) is 67.1 Å². The van der Waals surface area contributed by atoms with Crippen LogP contribution >= 0.6 is 0 Å². The topological polar surface area (TPSA) is 79.5 Å². The van der Waals surface area contributed by atoms with E-state index in [1.54, 1.807) is 12.1 Å². The zero-order valence-corrected chi connectivity index (χ0v) is 19.8. The number of hydrogen-bond donors (Lipinski definition) is 1. The third kappa shape index (κ3) is 5.31. The van der Waals surface area contributed by atoms with Crippen molar-refractivity contribution in [3.63, 3.8) is 0 Å². The number of likely N-dealkylation sites (tertiary alicyclic amines) is 1. The molecule has 1 saturated heterocycles. The summed E-state index contributed by atoms with van der Waals surface area (Å²) in [5.74, 6) is -0.292. The summed E-state index contributed by atoms with van der Waals surface area (Å²) in [4.78, 5) is 17.2. The molecule has 1 aliphatic carbocycles. The number of benzene rings is 2. The Morgan fingerprint density at radius 2 is 1.72 bits per heavy atom. The van der Waals surface area contributed by atoms with Crippen molar-refractivity contribution in [2.45, 2.75) is 56.5 Å². The number of hydrogen-bond acceptors (Lipinski definition) is 5. The summed E-state index contributed by atoms with van der Waals surface area (Å²) in [5, 5.41) is 12.9. The fraction of sp³-hybridized carbons (Fsp3) is 0.444. The van der Waals surface area contributed by atoms with Gasteiger partial charge in [0.05, 0.1) is 12.1 Å². The van der Waals surface area contributed by atoms with Crippen LogP contribution in [-0.2, 0) is 11.0 Å². The summed E-state index contributed by atoms with van der Waals surface area (Å²) in [6, 6.07) is 12.0. The van der Waals surface area contributed by atoms with Crippen LogP contribution in [0.3, 0.4) is 0 Å². The molecule has 3 aromatic rings. The lowest BCUT2D eigenvalue weighted by Crippen LogP contribution is -2.27. The Morgan fingerprint density at radius 3 is 2.42 bits per heavy atom. The fourth-order valence-electron chi connectivity index (χ4n) is 5.51. The Labute approximate surface area is 207 Å². The van der Waals surface area contributed by atoms with Crippen LogP contribution in [0.2, 0.25) is 0 Å². The molecule has 36 heavy (non-hydrogen) atoms. The molecule has 0 radical (unpaired) electrons. The van der Waals surface area contributed by atoms with Gasteiger partial charge in [-0.25, -0.2) is 0 Å². The molecular weight excluding hydrogens is 471 g/mol.